The van der Waals surface area contributed by atoms with E-state index in [2.05, 4.69) is 15.9 Å². The van der Waals surface area contributed by atoms with E-state index in [0.717, 1.165) is 0 Å². The number of phenols is 1. The highest BCUT2D eigenvalue weighted by atomic mass is 79.9. The van der Waals surface area contributed by atoms with E-state index in [0.29, 0.717) is 15.1 Å². The molecule has 0 aliphatic rings. The van der Waals surface area contributed by atoms with E-state index in [9.17, 15) is 9.90 Å². The van der Waals surface area contributed by atoms with E-state index in [4.69, 9.17) is 22.4 Å². The van der Waals surface area contributed by atoms with Crippen LogP contribution < -0.4 is 5.73 Å². The standard InChI is InChI=1S/C9H9BrClNO3/c10-6-2-4(11)1-5(9(6)15)7(12)3-8(13)14/h1-2,7,15H,3,12H2,(H,13,14)/t7-/m0/s1. The van der Waals surface area contributed by atoms with Crippen molar-refractivity contribution in [2.24, 2.45) is 5.73 Å². The normalized spacial score (nSPS) is 12.5. The first-order valence-electron chi connectivity index (χ1n) is 4.07. The van der Waals surface area contributed by atoms with Gasteiger partial charge in [0, 0.05) is 16.6 Å². The molecule has 0 heterocycles. The number of phenolic OH excluding ortho intramolecular Hbond substituents is 1. The van der Waals surface area contributed by atoms with Crippen LogP contribution in [0.5, 0.6) is 5.75 Å². The molecular formula is C9H9BrClNO3. The monoisotopic (exact) mass is 293 g/mol. The Bertz CT molecular complexity index is 397. The van der Waals surface area contributed by atoms with Crippen molar-refractivity contribution in [1.82, 2.24) is 0 Å². The number of benzene rings is 1. The lowest BCUT2D eigenvalue weighted by atomic mass is 10.0. The van der Waals surface area contributed by atoms with Crippen LogP contribution in [0.15, 0.2) is 16.6 Å². The Balaban J connectivity index is 3.07. The predicted octanol–water partition coefficient (Wildman–Crippen LogP) is 2.28. The lowest BCUT2D eigenvalue weighted by Gasteiger charge is -2.12. The van der Waals surface area contributed by atoms with E-state index in [1.165, 1.54) is 12.1 Å². The highest BCUT2D eigenvalue weighted by Gasteiger charge is 2.17. The van der Waals surface area contributed by atoms with Gasteiger partial charge >= 0.3 is 5.97 Å². The number of carboxylic acids is 1. The van der Waals surface area contributed by atoms with Crippen LogP contribution >= 0.6 is 27.5 Å². The molecule has 0 spiro atoms. The third kappa shape index (κ3) is 3.09. The van der Waals surface area contributed by atoms with Crippen LogP contribution in [0.3, 0.4) is 0 Å². The largest absolute Gasteiger partial charge is 0.506 e. The van der Waals surface area contributed by atoms with Gasteiger partial charge in [-0.25, -0.2) is 0 Å². The summed E-state index contributed by atoms with van der Waals surface area (Å²) in [7, 11) is 0. The van der Waals surface area contributed by atoms with E-state index < -0.39 is 12.0 Å². The summed E-state index contributed by atoms with van der Waals surface area (Å²) in [5.41, 5.74) is 5.93. The average molecular weight is 295 g/mol. The van der Waals surface area contributed by atoms with Crippen molar-refractivity contribution in [3.8, 4) is 5.75 Å². The zero-order chi connectivity index (χ0) is 11.6. The Hall–Kier alpha value is -0.780. The first-order chi connectivity index (χ1) is 6.91. The molecule has 0 saturated heterocycles. The molecule has 4 nitrogen and oxygen atoms in total. The van der Waals surface area contributed by atoms with Gasteiger partial charge in [0.25, 0.3) is 0 Å². The number of rotatable bonds is 3. The van der Waals surface area contributed by atoms with E-state index in [1.807, 2.05) is 0 Å². The van der Waals surface area contributed by atoms with Crippen LogP contribution in [0, 0.1) is 0 Å². The fraction of sp³-hybridized carbons (Fsp3) is 0.222. The summed E-state index contributed by atoms with van der Waals surface area (Å²) in [5, 5.41) is 18.6. The molecule has 0 aliphatic heterocycles. The van der Waals surface area contributed by atoms with Gasteiger partial charge in [0.05, 0.1) is 10.9 Å². The van der Waals surface area contributed by atoms with Gasteiger partial charge in [-0.2, -0.15) is 0 Å². The van der Waals surface area contributed by atoms with Gasteiger partial charge in [-0.3, -0.25) is 4.79 Å². The van der Waals surface area contributed by atoms with Crippen LogP contribution in [0.25, 0.3) is 0 Å². The lowest BCUT2D eigenvalue weighted by Crippen LogP contribution is -2.15. The highest BCUT2D eigenvalue weighted by molar-refractivity contribution is 9.10. The van der Waals surface area contributed by atoms with Gasteiger partial charge < -0.3 is 15.9 Å². The molecular weight excluding hydrogens is 285 g/mol. The minimum atomic E-state index is -1.03. The van der Waals surface area contributed by atoms with Crippen molar-refractivity contribution >= 4 is 33.5 Å². The second-order valence-corrected chi connectivity index (χ2v) is 4.32. The molecule has 6 heteroatoms. The number of carboxylic acid groups (broad SMARTS) is 1. The SMILES string of the molecule is N[C@@H](CC(=O)O)c1cc(Cl)cc(Br)c1O. The van der Waals surface area contributed by atoms with E-state index >= 15 is 0 Å². The van der Waals surface area contributed by atoms with Crippen LogP contribution in [0.1, 0.15) is 18.0 Å². The molecule has 0 saturated carbocycles. The second kappa shape index (κ2) is 4.83. The van der Waals surface area contributed by atoms with Crippen molar-refractivity contribution in [3.05, 3.63) is 27.2 Å². The molecule has 1 atom stereocenters. The summed E-state index contributed by atoms with van der Waals surface area (Å²) in [5.74, 6) is -1.11. The summed E-state index contributed by atoms with van der Waals surface area (Å²) in [4.78, 5) is 10.5. The van der Waals surface area contributed by atoms with Gasteiger partial charge in [0.2, 0.25) is 0 Å². The quantitative estimate of drug-likeness (QED) is 0.798. The summed E-state index contributed by atoms with van der Waals surface area (Å²) >= 11 is 8.85. The maximum atomic E-state index is 10.5. The van der Waals surface area contributed by atoms with Gasteiger partial charge in [-0.15, -0.1) is 0 Å². The average Bonchev–Trinajstić information content (AvgIpc) is 2.09. The van der Waals surface area contributed by atoms with Crippen LogP contribution in [-0.2, 0) is 4.79 Å². The summed E-state index contributed by atoms with van der Waals surface area (Å²) in [6.07, 6.45) is -0.264. The van der Waals surface area contributed by atoms with Crippen molar-refractivity contribution in [1.29, 1.82) is 0 Å². The second-order valence-electron chi connectivity index (χ2n) is 3.03. The zero-order valence-electron chi connectivity index (χ0n) is 7.58. The molecule has 15 heavy (non-hydrogen) atoms. The van der Waals surface area contributed by atoms with Gasteiger partial charge in [0.1, 0.15) is 5.75 Å². The van der Waals surface area contributed by atoms with E-state index in [1.54, 1.807) is 0 Å². The number of aromatic hydroxyl groups is 1. The summed E-state index contributed by atoms with van der Waals surface area (Å²) in [6, 6.07) is 2.18. The number of hydrogen-bond acceptors (Lipinski definition) is 3. The molecule has 0 radical (unpaired) electrons. The Morgan fingerprint density at radius 2 is 2.20 bits per heavy atom. The predicted molar refractivity (Wildman–Crippen MR) is 60.0 cm³/mol. The first-order valence-corrected chi connectivity index (χ1v) is 5.24. The fourth-order valence-corrected chi connectivity index (χ4v) is 2.00. The lowest BCUT2D eigenvalue weighted by molar-refractivity contribution is -0.137. The molecule has 0 amide bonds. The minimum Gasteiger partial charge on any atom is -0.506 e. The van der Waals surface area contributed by atoms with Crippen molar-refractivity contribution in [2.45, 2.75) is 12.5 Å². The number of aliphatic carboxylic acids is 1. The van der Waals surface area contributed by atoms with Crippen molar-refractivity contribution in [2.75, 3.05) is 0 Å². The van der Waals surface area contributed by atoms with Gasteiger partial charge in [-0.05, 0) is 28.1 Å². The Morgan fingerprint density at radius 3 is 2.73 bits per heavy atom. The number of carbonyl (C=O) groups is 1. The third-order valence-electron chi connectivity index (χ3n) is 1.85. The molecule has 1 rings (SSSR count). The fourth-order valence-electron chi connectivity index (χ4n) is 1.17. The Labute approximate surface area is 99.8 Å². The number of halogens is 2. The van der Waals surface area contributed by atoms with Crippen molar-refractivity contribution < 1.29 is 15.0 Å². The molecule has 0 fully saturated rings. The molecule has 0 aliphatic carbocycles. The Morgan fingerprint density at radius 1 is 1.60 bits per heavy atom. The maximum absolute atomic E-state index is 10.5. The maximum Gasteiger partial charge on any atom is 0.305 e. The smallest absolute Gasteiger partial charge is 0.305 e. The molecule has 1 aromatic rings. The first kappa shape index (κ1) is 12.3. The van der Waals surface area contributed by atoms with E-state index in [-0.39, 0.29) is 12.2 Å². The summed E-state index contributed by atoms with van der Waals surface area (Å²) < 4.78 is 0.394. The minimum absolute atomic E-state index is 0.0758. The van der Waals surface area contributed by atoms with Crippen molar-refractivity contribution in [3.63, 3.8) is 0 Å². The van der Waals surface area contributed by atoms with Crippen LogP contribution in [-0.4, -0.2) is 16.2 Å². The van der Waals surface area contributed by atoms with Crippen LogP contribution in [0.2, 0.25) is 5.02 Å². The third-order valence-corrected chi connectivity index (χ3v) is 2.67. The molecule has 0 unspecified atom stereocenters. The molecule has 0 bridgehead atoms. The topological polar surface area (TPSA) is 83.6 Å². The molecule has 82 valence electrons. The Kier molecular flexibility index (Phi) is 3.96. The molecule has 4 N–H and O–H groups in total. The van der Waals surface area contributed by atoms with Gasteiger partial charge in [-0.1, -0.05) is 11.6 Å². The zero-order valence-corrected chi connectivity index (χ0v) is 9.92. The van der Waals surface area contributed by atoms with Gasteiger partial charge in [0.15, 0.2) is 0 Å². The molecule has 1 aromatic carbocycles. The summed E-state index contributed by atoms with van der Waals surface area (Å²) in [6.45, 7) is 0. The molecule has 0 aromatic heterocycles. The number of hydrogen-bond donors (Lipinski definition) is 3. The van der Waals surface area contributed by atoms with Crippen LogP contribution in [0.4, 0.5) is 0 Å². The number of nitrogens with two attached hydrogens (primary N) is 1. The highest BCUT2D eigenvalue weighted by Crippen LogP contribution is 2.35.